The highest BCUT2D eigenvalue weighted by molar-refractivity contribution is 5.81. The van der Waals surface area contributed by atoms with Gasteiger partial charge in [-0.05, 0) is 66.5 Å². The standard InChI is InChI=1S/C32H33NO6/c34-30(35)9-4-17-33-21-29(32(36)37)39-31-24(7-3-8-28(31)33)13-10-22-11-14-27(15-12-22)38-18-16-23-19-25-5-1-2-6-26(25)20-23/h1-3,5-8,10-15,23,29H,4,9,16-21H2,(H,34,35)(H,36,37). The summed E-state index contributed by atoms with van der Waals surface area (Å²) in [6.45, 7) is 1.30. The van der Waals surface area contributed by atoms with Crippen molar-refractivity contribution in [1.82, 2.24) is 0 Å². The number of carboxylic acids is 2. The van der Waals surface area contributed by atoms with Crippen LogP contribution in [0.2, 0.25) is 0 Å². The number of carbonyl (C=O) groups is 2. The van der Waals surface area contributed by atoms with Crippen molar-refractivity contribution in [2.45, 2.75) is 38.2 Å². The summed E-state index contributed by atoms with van der Waals surface area (Å²) >= 11 is 0. The topological polar surface area (TPSA) is 96.3 Å². The third-order valence-corrected chi connectivity index (χ3v) is 7.37. The molecular weight excluding hydrogens is 494 g/mol. The van der Waals surface area contributed by atoms with Crippen molar-refractivity contribution in [3.63, 3.8) is 0 Å². The molecule has 2 aliphatic rings. The van der Waals surface area contributed by atoms with Crippen LogP contribution in [0.25, 0.3) is 12.2 Å². The maximum atomic E-state index is 11.7. The van der Waals surface area contributed by atoms with Gasteiger partial charge in [-0.15, -0.1) is 0 Å². The summed E-state index contributed by atoms with van der Waals surface area (Å²) in [7, 11) is 0. The molecule has 1 aliphatic carbocycles. The van der Waals surface area contributed by atoms with Gasteiger partial charge in [-0.2, -0.15) is 0 Å². The molecule has 0 amide bonds. The Hall–Kier alpha value is -4.26. The van der Waals surface area contributed by atoms with Gasteiger partial charge in [0.05, 0.1) is 18.8 Å². The van der Waals surface area contributed by atoms with Crippen LogP contribution in [0.15, 0.2) is 66.7 Å². The van der Waals surface area contributed by atoms with Crippen molar-refractivity contribution in [1.29, 1.82) is 0 Å². The minimum Gasteiger partial charge on any atom is -0.494 e. The number of fused-ring (bicyclic) bond motifs is 2. The predicted octanol–water partition coefficient (Wildman–Crippen LogP) is 5.56. The van der Waals surface area contributed by atoms with Crippen molar-refractivity contribution < 1.29 is 29.3 Å². The van der Waals surface area contributed by atoms with E-state index in [1.165, 1.54) is 11.1 Å². The van der Waals surface area contributed by atoms with E-state index in [9.17, 15) is 14.7 Å². The second kappa shape index (κ2) is 12.1. The Labute approximate surface area is 228 Å². The van der Waals surface area contributed by atoms with Gasteiger partial charge < -0.3 is 24.6 Å². The van der Waals surface area contributed by atoms with Crippen molar-refractivity contribution in [3.05, 3.63) is 89.0 Å². The van der Waals surface area contributed by atoms with Gasteiger partial charge in [0.15, 0.2) is 5.75 Å². The summed E-state index contributed by atoms with van der Waals surface area (Å²) < 4.78 is 11.9. The number of carboxylic acid groups (broad SMARTS) is 2. The number of benzene rings is 3. The SMILES string of the molecule is O=C(O)CCCN1CC(C(=O)O)Oc2c(C=Cc3ccc(OCCC4Cc5ccccc5C4)cc3)cccc21. The average molecular weight is 528 g/mol. The molecule has 0 aromatic heterocycles. The minimum atomic E-state index is -1.05. The van der Waals surface area contributed by atoms with Gasteiger partial charge in [0.2, 0.25) is 6.10 Å². The molecule has 39 heavy (non-hydrogen) atoms. The van der Waals surface area contributed by atoms with Crippen molar-refractivity contribution in [3.8, 4) is 11.5 Å². The zero-order valence-electron chi connectivity index (χ0n) is 21.8. The van der Waals surface area contributed by atoms with Crippen LogP contribution < -0.4 is 14.4 Å². The first-order valence-electron chi connectivity index (χ1n) is 13.4. The fourth-order valence-corrected chi connectivity index (χ4v) is 5.35. The fraction of sp³-hybridized carbons (Fsp3) is 0.312. The lowest BCUT2D eigenvalue weighted by Crippen LogP contribution is -2.45. The Morgan fingerprint density at radius 3 is 2.38 bits per heavy atom. The van der Waals surface area contributed by atoms with Crippen LogP contribution in [-0.4, -0.2) is 48.0 Å². The van der Waals surface area contributed by atoms with Crippen LogP contribution in [0.1, 0.15) is 41.5 Å². The highest BCUT2D eigenvalue weighted by Crippen LogP contribution is 2.38. The maximum Gasteiger partial charge on any atom is 0.346 e. The predicted molar refractivity (Wildman–Crippen MR) is 150 cm³/mol. The summed E-state index contributed by atoms with van der Waals surface area (Å²) in [6, 6.07) is 22.2. The van der Waals surface area contributed by atoms with Gasteiger partial charge in [-0.1, -0.05) is 60.7 Å². The number of anilines is 1. The van der Waals surface area contributed by atoms with E-state index < -0.39 is 18.0 Å². The third kappa shape index (κ3) is 6.60. The van der Waals surface area contributed by atoms with E-state index in [0.717, 1.165) is 41.8 Å². The second-order valence-corrected chi connectivity index (χ2v) is 10.2. The molecule has 5 rings (SSSR count). The quantitative estimate of drug-likeness (QED) is 0.315. The number of hydrogen-bond donors (Lipinski definition) is 2. The third-order valence-electron chi connectivity index (χ3n) is 7.37. The lowest BCUT2D eigenvalue weighted by molar-refractivity contribution is -0.145. The van der Waals surface area contributed by atoms with Gasteiger partial charge in [0.1, 0.15) is 5.75 Å². The molecule has 0 saturated carbocycles. The summed E-state index contributed by atoms with van der Waals surface area (Å²) in [5.74, 6) is 0.0560. The Balaban J connectivity index is 1.20. The molecule has 1 unspecified atom stereocenters. The molecule has 2 N–H and O–H groups in total. The largest absolute Gasteiger partial charge is 0.494 e. The van der Waals surface area contributed by atoms with Gasteiger partial charge in [-0.3, -0.25) is 4.79 Å². The highest BCUT2D eigenvalue weighted by Gasteiger charge is 2.31. The lowest BCUT2D eigenvalue weighted by atomic mass is 10.0. The molecule has 1 atom stereocenters. The smallest absolute Gasteiger partial charge is 0.346 e. The van der Waals surface area contributed by atoms with Crippen LogP contribution in [0.3, 0.4) is 0 Å². The summed E-state index contributed by atoms with van der Waals surface area (Å²) in [6.07, 6.45) is 6.57. The van der Waals surface area contributed by atoms with Crippen LogP contribution in [0.5, 0.6) is 11.5 Å². The maximum absolute atomic E-state index is 11.7. The zero-order chi connectivity index (χ0) is 27.2. The molecule has 3 aromatic rings. The molecule has 0 bridgehead atoms. The van der Waals surface area contributed by atoms with Gasteiger partial charge >= 0.3 is 11.9 Å². The van der Waals surface area contributed by atoms with E-state index >= 15 is 0 Å². The highest BCUT2D eigenvalue weighted by atomic mass is 16.5. The fourth-order valence-electron chi connectivity index (χ4n) is 5.35. The van der Waals surface area contributed by atoms with E-state index in [-0.39, 0.29) is 13.0 Å². The molecule has 0 saturated heterocycles. The molecule has 1 aliphatic heterocycles. The molecule has 3 aromatic carbocycles. The Morgan fingerprint density at radius 1 is 0.949 bits per heavy atom. The van der Waals surface area contributed by atoms with Gasteiger partial charge in [-0.25, -0.2) is 4.79 Å². The Bertz CT molecular complexity index is 1320. The number of ether oxygens (including phenoxy) is 2. The minimum absolute atomic E-state index is 0.0264. The first-order valence-corrected chi connectivity index (χ1v) is 13.4. The van der Waals surface area contributed by atoms with Crippen molar-refractivity contribution in [2.75, 3.05) is 24.6 Å². The lowest BCUT2D eigenvalue weighted by Gasteiger charge is -2.35. The first-order chi connectivity index (χ1) is 19.0. The average Bonchev–Trinajstić information content (AvgIpc) is 3.35. The summed E-state index contributed by atoms with van der Waals surface area (Å²) in [5.41, 5.74) is 5.45. The van der Waals surface area contributed by atoms with Crippen LogP contribution in [0, 0.1) is 5.92 Å². The number of rotatable bonds is 11. The van der Waals surface area contributed by atoms with Crippen LogP contribution in [-0.2, 0) is 22.4 Å². The van der Waals surface area contributed by atoms with Crippen molar-refractivity contribution >= 4 is 29.8 Å². The number of para-hydroxylation sites is 1. The monoisotopic (exact) mass is 527 g/mol. The number of nitrogens with zero attached hydrogens (tertiary/aromatic N) is 1. The Morgan fingerprint density at radius 2 is 1.69 bits per heavy atom. The van der Waals surface area contributed by atoms with E-state index in [1.807, 2.05) is 59.5 Å². The van der Waals surface area contributed by atoms with E-state index in [4.69, 9.17) is 14.6 Å². The molecule has 0 spiro atoms. The van der Waals surface area contributed by atoms with E-state index in [2.05, 4.69) is 24.3 Å². The molecule has 7 heteroatoms. The molecule has 7 nitrogen and oxygen atoms in total. The molecule has 0 fully saturated rings. The van der Waals surface area contributed by atoms with E-state index in [0.29, 0.717) is 31.2 Å². The normalized spacial score (nSPS) is 16.5. The van der Waals surface area contributed by atoms with Gasteiger partial charge in [0.25, 0.3) is 0 Å². The Kier molecular flexibility index (Phi) is 8.16. The molecule has 202 valence electrons. The van der Waals surface area contributed by atoms with Gasteiger partial charge in [0, 0.05) is 18.5 Å². The molecular formula is C32H33NO6. The molecule has 1 heterocycles. The first kappa shape index (κ1) is 26.4. The summed E-state index contributed by atoms with van der Waals surface area (Å²) in [5, 5.41) is 18.6. The number of hydrogen-bond acceptors (Lipinski definition) is 5. The van der Waals surface area contributed by atoms with Crippen molar-refractivity contribution in [2.24, 2.45) is 5.92 Å². The molecule has 0 radical (unpaired) electrons. The van der Waals surface area contributed by atoms with E-state index in [1.54, 1.807) is 0 Å². The zero-order valence-corrected chi connectivity index (χ0v) is 21.8. The van der Waals surface area contributed by atoms with Crippen LogP contribution in [0.4, 0.5) is 5.69 Å². The second-order valence-electron chi connectivity index (χ2n) is 10.2. The van der Waals surface area contributed by atoms with Crippen LogP contribution >= 0.6 is 0 Å². The summed E-state index contributed by atoms with van der Waals surface area (Å²) in [4.78, 5) is 24.6. The number of aliphatic carboxylic acids is 2.